The largest absolute Gasteiger partial charge is 0.306 e. The van der Waals surface area contributed by atoms with Gasteiger partial charge in [0.2, 0.25) is 0 Å². The second kappa shape index (κ2) is 8.89. The summed E-state index contributed by atoms with van der Waals surface area (Å²) in [6, 6.07) is 41.9. The highest BCUT2D eigenvalue weighted by molar-refractivity contribution is 6.08. The fourth-order valence-electron chi connectivity index (χ4n) is 5.91. The normalized spacial score (nSPS) is 12.2. The first-order valence-electron chi connectivity index (χ1n) is 13.6. The van der Waals surface area contributed by atoms with E-state index in [-0.39, 0.29) is 0 Å². The van der Waals surface area contributed by atoms with E-state index in [4.69, 9.17) is 15.0 Å². The molecule has 7 aromatic rings. The first kappa shape index (κ1) is 22.7. The molecule has 5 aromatic carbocycles. The van der Waals surface area contributed by atoms with Crippen molar-refractivity contribution in [2.75, 3.05) is 4.90 Å². The Morgan fingerprint density at radius 2 is 1.18 bits per heavy atom. The van der Waals surface area contributed by atoms with Crippen LogP contribution in [0.3, 0.4) is 0 Å². The SMILES string of the molecule is CCc1nc2ccc(-c3nc4ccccc4nc3-c3ccccc3)c3c2n1-c1ccccc1N3c1ccccc1. The van der Waals surface area contributed by atoms with Gasteiger partial charge in [-0.3, -0.25) is 4.57 Å². The van der Waals surface area contributed by atoms with E-state index in [1.54, 1.807) is 0 Å². The maximum Gasteiger partial charge on any atom is 0.114 e. The Hall–Kier alpha value is -5.29. The molecule has 40 heavy (non-hydrogen) atoms. The average molecular weight is 516 g/mol. The number of hydrogen-bond donors (Lipinski definition) is 0. The fraction of sp³-hybridized carbons (Fsp3) is 0.0571. The van der Waals surface area contributed by atoms with Crippen molar-refractivity contribution < 1.29 is 0 Å². The number of anilines is 3. The minimum absolute atomic E-state index is 0.828. The van der Waals surface area contributed by atoms with Gasteiger partial charge in [-0.15, -0.1) is 0 Å². The van der Waals surface area contributed by atoms with Gasteiger partial charge in [0.25, 0.3) is 0 Å². The summed E-state index contributed by atoms with van der Waals surface area (Å²) in [6.45, 7) is 2.17. The van der Waals surface area contributed by atoms with Crippen molar-refractivity contribution in [2.24, 2.45) is 0 Å². The zero-order chi connectivity index (χ0) is 26.6. The van der Waals surface area contributed by atoms with Crippen LogP contribution in [0.25, 0.3) is 50.3 Å². The van der Waals surface area contributed by atoms with Crippen molar-refractivity contribution in [1.29, 1.82) is 0 Å². The Bertz CT molecular complexity index is 2040. The molecule has 0 saturated carbocycles. The molecule has 2 aromatic heterocycles. The van der Waals surface area contributed by atoms with Gasteiger partial charge in [-0.05, 0) is 48.5 Å². The average Bonchev–Trinajstić information content (AvgIpc) is 3.41. The van der Waals surface area contributed by atoms with Crippen LogP contribution >= 0.6 is 0 Å². The molecule has 0 radical (unpaired) electrons. The summed E-state index contributed by atoms with van der Waals surface area (Å²) in [7, 11) is 0. The van der Waals surface area contributed by atoms with Gasteiger partial charge in [0.1, 0.15) is 5.82 Å². The lowest BCUT2D eigenvalue weighted by Gasteiger charge is -2.34. The number of fused-ring (bicyclic) bond motifs is 3. The van der Waals surface area contributed by atoms with Gasteiger partial charge in [0.05, 0.1) is 50.5 Å². The molecule has 5 heteroatoms. The Balaban J connectivity index is 1.54. The van der Waals surface area contributed by atoms with Gasteiger partial charge in [0, 0.05) is 23.2 Å². The molecule has 8 rings (SSSR count). The number of benzene rings is 5. The summed E-state index contributed by atoms with van der Waals surface area (Å²) in [5.74, 6) is 1.04. The zero-order valence-electron chi connectivity index (χ0n) is 22.0. The molecule has 1 aliphatic rings. The molecule has 0 bridgehead atoms. The Morgan fingerprint density at radius 1 is 0.550 bits per heavy atom. The molecule has 0 aliphatic carbocycles. The van der Waals surface area contributed by atoms with E-state index >= 15 is 0 Å². The van der Waals surface area contributed by atoms with Gasteiger partial charge >= 0.3 is 0 Å². The molecule has 0 N–H and O–H groups in total. The topological polar surface area (TPSA) is 46.8 Å². The van der Waals surface area contributed by atoms with Gasteiger partial charge in [-0.1, -0.05) is 79.7 Å². The minimum atomic E-state index is 0.828. The second-order valence-electron chi connectivity index (χ2n) is 9.98. The third kappa shape index (κ3) is 3.31. The Labute approximate surface area is 232 Å². The number of imidazole rings is 1. The molecule has 3 heterocycles. The van der Waals surface area contributed by atoms with Crippen LogP contribution < -0.4 is 4.90 Å². The number of para-hydroxylation sites is 5. The van der Waals surface area contributed by atoms with Crippen LogP contribution in [-0.4, -0.2) is 19.5 Å². The van der Waals surface area contributed by atoms with Crippen LogP contribution in [0.1, 0.15) is 12.7 Å². The predicted molar refractivity (Wildman–Crippen MR) is 163 cm³/mol. The van der Waals surface area contributed by atoms with Gasteiger partial charge < -0.3 is 4.90 Å². The first-order valence-corrected chi connectivity index (χ1v) is 13.6. The number of nitrogens with zero attached hydrogens (tertiary/aromatic N) is 5. The monoisotopic (exact) mass is 515 g/mol. The van der Waals surface area contributed by atoms with Crippen LogP contribution in [0, 0.1) is 0 Å². The van der Waals surface area contributed by atoms with E-state index in [9.17, 15) is 0 Å². The van der Waals surface area contributed by atoms with Crippen LogP contribution in [0.5, 0.6) is 0 Å². The molecule has 190 valence electrons. The fourth-order valence-corrected chi connectivity index (χ4v) is 5.91. The van der Waals surface area contributed by atoms with Gasteiger partial charge in [0.15, 0.2) is 0 Å². The number of aromatic nitrogens is 4. The maximum atomic E-state index is 5.28. The highest BCUT2D eigenvalue weighted by Gasteiger charge is 2.32. The number of aryl methyl sites for hydroxylation is 1. The van der Waals surface area contributed by atoms with Crippen molar-refractivity contribution >= 4 is 39.1 Å². The standard InChI is InChI=1S/C35H25N5/c1-2-31-36-28-22-21-25(33-32(23-13-5-3-6-14-23)37-26-17-9-10-18-27(26)38-33)34-35(28)40(31)30-20-12-11-19-29(30)39(34)24-15-7-4-8-16-24/h3-22H,2H2,1H3. The number of rotatable bonds is 4. The molecule has 0 unspecified atom stereocenters. The lowest BCUT2D eigenvalue weighted by molar-refractivity contribution is 0.900. The van der Waals surface area contributed by atoms with E-state index < -0.39 is 0 Å². The van der Waals surface area contributed by atoms with Gasteiger partial charge in [-0.2, -0.15) is 0 Å². The highest BCUT2D eigenvalue weighted by Crippen LogP contribution is 2.51. The van der Waals surface area contributed by atoms with Crippen molar-refractivity contribution in [3.05, 3.63) is 127 Å². The third-order valence-electron chi connectivity index (χ3n) is 7.65. The third-order valence-corrected chi connectivity index (χ3v) is 7.65. The lowest BCUT2D eigenvalue weighted by Crippen LogP contribution is -2.20. The van der Waals surface area contributed by atoms with Crippen molar-refractivity contribution in [2.45, 2.75) is 13.3 Å². The smallest absolute Gasteiger partial charge is 0.114 e. The molecule has 0 amide bonds. The molecule has 0 fully saturated rings. The molecule has 0 saturated heterocycles. The summed E-state index contributed by atoms with van der Waals surface area (Å²) in [5.41, 5.74) is 12.0. The Morgan fingerprint density at radius 3 is 1.90 bits per heavy atom. The summed E-state index contributed by atoms with van der Waals surface area (Å²) in [4.78, 5) is 17.9. The van der Waals surface area contributed by atoms with Gasteiger partial charge in [-0.25, -0.2) is 15.0 Å². The first-order chi connectivity index (χ1) is 19.8. The summed E-state index contributed by atoms with van der Waals surface area (Å²) >= 11 is 0. The highest BCUT2D eigenvalue weighted by atomic mass is 15.2. The summed E-state index contributed by atoms with van der Waals surface area (Å²) in [6.07, 6.45) is 0.828. The molecule has 5 nitrogen and oxygen atoms in total. The molecular formula is C35H25N5. The van der Waals surface area contributed by atoms with E-state index in [1.807, 2.05) is 30.3 Å². The van der Waals surface area contributed by atoms with E-state index in [0.29, 0.717) is 0 Å². The second-order valence-corrected chi connectivity index (χ2v) is 9.98. The molecule has 0 atom stereocenters. The molecule has 1 aliphatic heterocycles. The van der Waals surface area contributed by atoms with Crippen LogP contribution in [0.15, 0.2) is 121 Å². The maximum absolute atomic E-state index is 5.28. The van der Waals surface area contributed by atoms with Crippen LogP contribution in [0.4, 0.5) is 17.1 Å². The van der Waals surface area contributed by atoms with Crippen molar-refractivity contribution in [1.82, 2.24) is 19.5 Å². The summed E-state index contributed by atoms with van der Waals surface area (Å²) < 4.78 is 2.33. The van der Waals surface area contributed by atoms with Crippen molar-refractivity contribution in [3.63, 3.8) is 0 Å². The minimum Gasteiger partial charge on any atom is -0.306 e. The van der Waals surface area contributed by atoms with E-state index in [0.717, 1.165) is 79.6 Å². The van der Waals surface area contributed by atoms with Crippen molar-refractivity contribution in [3.8, 4) is 28.2 Å². The predicted octanol–water partition coefficient (Wildman–Crippen LogP) is 8.65. The molecular weight excluding hydrogens is 490 g/mol. The van der Waals surface area contributed by atoms with Crippen LogP contribution in [0.2, 0.25) is 0 Å². The van der Waals surface area contributed by atoms with Crippen LogP contribution in [-0.2, 0) is 6.42 Å². The lowest BCUT2D eigenvalue weighted by atomic mass is 9.98. The van der Waals surface area contributed by atoms with E-state index in [1.165, 1.54) is 0 Å². The molecule has 0 spiro atoms. The quantitative estimate of drug-likeness (QED) is 0.235. The summed E-state index contributed by atoms with van der Waals surface area (Å²) in [5, 5.41) is 0. The zero-order valence-corrected chi connectivity index (χ0v) is 22.0. The van der Waals surface area contributed by atoms with E-state index in [2.05, 4.69) is 107 Å². The number of hydrogen-bond acceptors (Lipinski definition) is 4. The Kier molecular flexibility index (Phi) is 5.04.